The Morgan fingerprint density at radius 2 is 2.16 bits per heavy atom. The molecular formula is C14H20BrNO3. The second-order valence-electron chi connectivity index (χ2n) is 4.72. The molecule has 1 N–H and O–H groups in total. The third-order valence-corrected chi connectivity index (χ3v) is 4.52. The fraction of sp³-hybridized carbons (Fsp3) is 0.571. The Kier molecular flexibility index (Phi) is 5.07. The Hall–Kier alpha value is -0.780. The molecule has 1 aliphatic heterocycles. The number of methoxy groups -OCH3 is 2. The summed E-state index contributed by atoms with van der Waals surface area (Å²) in [4.78, 5) is 2.31. The molecule has 19 heavy (non-hydrogen) atoms. The van der Waals surface area contributed by atoms with Gasteiger partial charge in [0.2, 0.25) is 0 Å². The van der Waals surface area contributed by atoms with Crippen LogP contribution in [0.5, 0.6) is 11.5 Å². The SMILES string of the molecule is COc1ccc(CN2CCC[C@@H]2CO)c(Br)c1OC. The molecule has 0 unspecified atom stereocenters. The highest BCUT2D eigenvalue weighted by molar-refractivity contribution is 9.10. The van der Waals surface area contributed by atoms with Gasteiger partial charge in [-0.25, -0.2) is 0 Å². The van der Waals surface area contributed by atoms with E-state index in [9.17, 15) is 5.11 Å². The summed E-state index contributed by atoms with van der Waals surface area (Å²) in [5.41, 5.74) is 1.15. The van der Waals surface area contributed by atoms with Gasteiger partial charge in [0, 0.05) is 12.6 Å². The smallest absolute Gasteiger partial charge is 0.175 e. The van der Waals surface area contributed by atoms with Gasteiger partial charge in [-0.2, -0.15) is 0 Å². The van der Waals surface area contributed by atoms with Crippen LogP contribution >= 0.6 is 15.9 Å². The van der Waals surface area contributed by atoms with E-state index in [1.165, 1.54) is 0 Å². The first kappa shape index (κ1) is 14.6. The quantitative estimate of drug-likeness (QED) is 0.900. The van der Waals surface area contributed by atoms with Crippen molar-refractivity contribution in [1.82, 2.24) is 4.90 Å². The highest BCUT2D eigenvalue weighted by Gasteiger charge is 2.25. The average Bonchev–Trinajstić information content (AvgIpc) is 2.88. The molecule has 1 aliphatic rings. The highest BCUT2D eigenvalue weighted by Crippen LogP contribution is 2.38. The molecule has 1 aromatic rings. The van der Waals surface area contributed by atoms with Crippen molar-refractivity contribution in [3.05, 3.63) is 22.2 Å². The molecule has 1 heterocycles. The molecule has 5 heteroatoms. The minimum Gasteiger partial charge on any atom is -0.493 e. The standard InChI is InChI=1S/C14H20BrNO3/c1-18-12-6-5-10(13(15)14(12)19-2)8-16-7-3-4-11(16)9-17/h5-6,11,17H,3-4,7-9H2,1-2H3/t11-/m1/s1. The van der Waals surface area contributed by atoms with Crippen molar-refractivity contribution in [2.24, 2.45) is 0 Å². The summed E-state index contributed by atoms with van der Waals surface area (Å²) in [5, 5.41) is 9.37. The Morgan fingerprint density at radius 3 is 2.79 bits per heavy atom. The maximum Gasteiger partial charge on any atom is 0.175 e. The van der Waals surface area contributed by atoms with E-state index in [-0.39, 0.29) is 12.6 Å². The molecule has 0 radical (unpaired) electrons. The normalized spacial score (nSPS) is 19.7. The van der Waals surface area contributed by atoms with Gasteiger partial charge in [0.25, 0.3) is 0 Å². The van der Waals surface area contributed by atoms with E-state index in [1.54, 1.807) is 14.2 Å². The topological polar surface area (TPSA) is 41.9 Å². The third-order valence-electron chi connectivity index (χ3n) is 3.65. The lowest BCUT2D eigenvalue weighted by Gasteiger charge is -2.24. The van der Waals surface area contributed by atoms with Crippen molar-refractivity contribution in [1.29, 1.82) is 0 Å². The molecule has 0 aliphatic carbocycles. The van der Waals surface area contributed by atoms with E-state index in [2.05, 4.69) is 20.8 Å². The lowest BCUT2D eigenvalue weighted by molar-refractivity contribution is 0.153. The van der Waals surface area contributed by atoms with Gasteiger partial charge in [0.15, 0.2) is 11.5 Å². The molecule has 106 valence electrons. The molecule has 1 atom stereocenters. The van der Waals surface area contributed by atoms with E-state index < -0.39 is 0 Å². The number of halogens is 1. The van der Waals surface area contributed by atoms with Gasteiger partial charge < -0.3 is 14.6 Å². The summed E-state index contributed by atoms with van der Waals surface area (Å²) < 4.78 is 11.6. The number of aliphatic hydroxyl groups is 1. The summed E-state index contributed by atoms with van der Waals surface area (Å²) in [6, 6.07) is 4.24. The summed E-state index contributed by atoms with van der Waals surface area (Å²) in [5.74, 6) is 1.44. The van der Waals surface area contributed by atoms with Crippen LogP contribution in [0.25, 0.3) is 0 Å². The van der Waals surface area contributed by atoms with Gasteiger partial charge in [0.1, 0.15) is 0 Å². The summed E-state index contributed by atoms with van der Waals surface area (Å²) in [6.45, 7) is 2.07. The van der Waals surface area contributed by atoms with Crippen LogP contribution in [0.2, 0.25) is 0 Å². The number of aliphatic hydroxyl groups excluding tert-OH is 1. The van der Waals surface area contributed by atoms with Crippen molar-refractivity contribution in [2.75, 3.05) is 27.4 Å². The Labute approximate surface area is 122 Å². The van der Waals surface area contributed by atoms with Crippen LogP contribution in [0.15, 0.2) is 16.6 Å². The fourth-order valence-corrected chi connectivity index (χ4v) is 3.20. The van der Waals surface area contributed by atoms with Crippen LogP contribution in [0, 0.1) is 0 Å². The molecular weight excluding hydrogens is 310 g/mol. The van der Waals surface area contributed by atoms with Crippen molar-refractivity contribution in [3.63, 3.8) is 0 Å². The number of likely N-dealkylation sites (tertiary alicyclic amines) is 1. The molecule has 0 bridgehead atoms. The molecule has 1 aromatic carbocycles. The zero-order valence-corrected chi connectivity index (χ0v) is 12.9. The first-order valence-electron chi connectivity index (χ1n) is 6.45. The van der Waals surface area contributed by atoms with Crippen LogP contribution in [0.1, 0.15) is 18.4 Å². The van der Waals surface area contributed by atoms with E-state index in [0.29, 0.717) is 0 Å². The Balaban J connectivity index is 2.21. The molecule has 0 saturated carbocycles. The third kappa shape index (κ3) is 3.04. The largest absolute Gasteiger partial charge is 0.493 e. The molecule has 1 fully saturated rings. The van der Waals surface area contributed by atoms with Crippen LogP contribution in [0.4, 0.5) is 0 Å². The minimum atomic E-state index is 0.227. The molecule has 0 amide bonds. The summed E-state index contributed by atoms with van der Waals surface area (Å²) >= 11 is 3.59. The van der Waals surface area contributed by atoms with Gasteiger partial charge in [0.05, 0.1) is 25.3 Å². The first-order chi connectivity index (χ1) is 9.21. The second-order valence-corrected chi connectivity index (χ2v) is 5.52. The Morgan fingerprint density at radius 1 is 1.37 bits per heavy atom. The predicted molar refractivity (Wildman–Crippen MR) is 77.8 cm³/mol. The Bertz CT molecular complexity index is 439. The minimum absolute atomic E-state index is 0.227. The lowest BCUT2D eigenvalue weighted by Crippen LogP contribution is -2.31. The number of nitrogens with zero attached hydrogens (tertiary/aromatic N) is 1. The van der Waals surface area contributed by atoms with E-state index in [4.69, 9.17) is 9.47 Å². The summed E-state index contributed by atoms with van der Waals surface area (Å²) in [6.07, 6.45) is 2.22. The van der Waals surface area contributed by atoms with Gasteiger partial charge in [-0.1, -0.05) is 6.07 Å². The van der Waals surface area contributed by atoms with E-state index in [1.807, 2.05) is 12.1 Å². The van der Waals surface area contributed by atoms with Gasteiger partial charge in [-0.05, 0) is 46.9 Å². The first-order valence-corrected chi connectivity index (χ1v) is 7.24. The van der Waals surface area contributed by atoms with Crippen molar-refractivity contribution >= 4 is 15.9 Å². The zero-order valence-electron chi connectivity index (χ0n) is 11.4. The van der Waals surface area contributed by atoms with Gasteiger partial charge >= 0.3 is 0 Å². The number of benzene rings is 1. The monoisotopic (exact) mass is 329 g/mol. The molecule has 2 rings (SSSR count). The maximum absolute atomic E-state index is 9.37. The van der Waals surface area contributed by atoms with Crippen LogP contribution in [-0.2, 0) is 6.54 Å². The van der Waals surface area contributed by atoms with Crippen LogP contribution in [0.3, 0.4) is 0 Å². The van der Waals surface area contributed by atoms with Crippen LogP contribution < -0.4 is 9.47 Å². The van der Waals surface area contributed by atoms with E-state index in [0.717, 1.165) is 47.5 Å². The summed E-state index contributed by atoms with van der Waals surface area (Å²) in [7, 11) is 3.27. The zero-order chi connectivity index (χ0) is 13.8. The highest BCUT2D eigenvalue weighted by atomic mass is 79.9. The molecule has 0 aromatic heterocycles. The average molecular weight is 330 g/mol. The van der Waals surface area contributed by atoms with E-state index >= 15 is 0 Å². The number of ether oxygens (including phenoxy) is 2. The van der Waals surface area contributed by atoms with Crippen molar-refractivity contribution in [3.8, 4) is 11.5 Å². The molecule has 4 nitrogen and oxygen atoms in total. The number of hydrogen-bond acceptors (Lipinski definition) is 4. The van der Waals surface area contributed by atoms with Gasteiger partial charge in [-0.3, -0.25) is 4.90 Å². The fourth-order valence-electron chi connectivity index (χ4n) is 2.58. The molecule has 0 spiro atoms. The number of rotatable bonds is 5. The second kappa shape index (κ2) is 6.59. The lowest BCUT2D eigenvalue weighted by atomic mass is 10.1. The van der Waals surface area contributed by atoms with Crippen molar-refractivity contribution in [2.45, 2.75) is 25.4 Å². The van der Waals surface area contributed by atoms with Crippen molar-refractivity contribution < 1.29 is 14.6 Å². The van der Waals surface area contributed by atoms with Crippen LogP contribution in [-0.4, -0.2) is 43.4 Å². The predicted octanol–water partition coefficient (Wildman–Crippen LogP) is 2.42. The van der Waals surface area contributed by atoms with Gasteiger partial charge in [-0.15, -0.1) is 0 Å². The number of hydrogen-bond donors (Lipinski definition) is 1. The maximum atomic E-state index is 9.37. The molecule has 1 saturated heterocycles.